The molecule has 0 aromatic carbocycles. The predicted octanol–water partition coefficient (Wildman–Crippen LogP) is -11.3. The van der Waals surface area contributed by atoms with Crippen molar-refractivity contribution in [2.24, 2.45) is 0 Å². The van der Waals surface area contributed by atoms with E-state index in [1.807, 2.05) is 0 Å². The Labute approximate surface area is 84.8 Å². The molecule has 0 aliphatic heterocycles. The van der Waals surface area contributed by atoms with Crippen LogP contribution in [0, 0.1) is 0 Å². The van der Waals surface area contributed by atoms with Gasteiger partial charge in [-0.2, -0.15) is 0 Å². The molecule has 0 radical (unpaired) electrons. The zero-order valence-electron chi connectivity index (χ0n) is 5.03. The van der Waals surface area contributed by atoms with Crippen LogP contribution in [0.4, 0.5) is 0 Å². The van der Waals surface area contributed by atoms with Crippen molar-refractivity contribution in [1.29, 1.82) is 0 Å². The average Bonchev–Trinajstić information content (AvgIpc) is 1.59. The van der Waals surface area contributed by atoms with E-state index in [4.69, 9.17) is 0 Å². The molecule has 0 aliphatic rings. The maximum Gasteiger partial charge on any atom is 1.00 e. The van der Waals surface area contributed by atoms with E-state index in [2.05, 4.69) is 3.07 Å². The van der Waals surface area contributed by atoms with E-state index in [0.717, 1.165) is 0 Å². The van der Waals surface area contributed by atoms with Gasteiger partial charge >= 0.3 is 49.7 Å². The Hall–Kier alpha value is 1.04. The van der Waals surface area contributed by atoms with Crippen molar-refractivity contribution in [1.82, 2.24) is 0 Å². The Kier molecular flexibility index (Phi) is 7.71. The quantitative estimate of drug-likeness (QED) is 0.371. The van der Waals surface area contributed by atoms with Crippen molar-refractivity contribution in [3.05, 3.63) is 0 Å². The Balaban J connectivity index is 0. The van der Waals surface area contributed by atoms with Crippen LogP contribution in [0.3, 0.4) is 0 Å². The number of carbonyl (C=O) groups excluding carboxylic acids is 1. The third-order valence-corrected chi connectivity index (χ3v) is 1.38. The Bertz CT molecular complexity index is 109. The molecule has 0 aromatic heterocycles. The molecule has 0 heterocycles. The molecule has 0 spiro atoms. The second-order valence-corrected chi connectivity index (χ2v) is 3.78. The molecule has 0 unspecified atom stereocenters. The number of aliphatic carboxylic acids is 1. The van der Waals surface area contributed by atoms with Gasteiger partial charge in [-0.25, -0.2) is 0 Å². The van der Waals surface area contributed by atoms with Crippen molar-refractivity contribution in [2.75, 3.05) is 6.61 Å². The molecule has 0 amide bonds. The van der Waals surface area contributed by atoms with Gasteiger partial charge in [-0.05, 0) is 0 Å². The van der Waals surface area contributed by atoms with Crippen LogP contribution in [0.5, 0.6) is 0 Å². The van der Waals surface area contributed by atoms with Crippen LogP contribution >= 0.6 is 0 Å². The molecule has 6 nitrogen and oxygen atoms in total. The summed E-state index contributed by atoms with van der Waals surface area (Å²) in [6.45, 7) is -1.19. The summed E-state index contributed by atoms with van der Waals surface area (Å²) in [5.74, 6) is -1.73. The van der Waals surface area contributed by atoms with E-state index >= 15 is 0 Å². The predicted molar refractivity (Wildman–Crippen MR) is 11.0 cm³/mol. The standard InChI is InChI=1S/C2H3IO6.Na/c4-2(5)1-9-3(6,7)8;/h1H2,(H,4,5);/q;+1/p-1. The number of hydrogen-bond acceptors (Lipinski definition) is 6. The number of carboxylic acids is 1. The molecular weight excluding hydrogens is 270 g/mol. The topological polar surface area (TPSA) is 119 Å². The Morgan fingerprint density at radius 2 is 1.80 bits per heavy atom. The van der Waals surface area contributed by atoms with Crippen LogP contribution in [-0.2, 0) is 7.86 Å². The minimum absolute atomic E-state index is 0. The molecule has 0 aromatic rings. The largest absolute Gasteiger partial charge is 1.00 e. The summed E-state index contributed by atoms with van der Waals surface area (Å²) in [6, 6.07) is 0. The van der Waals surface area contributed by atoms with E-state index in [1.165, 1.54) is 0 Å². The molecule has 0 saturated heterocycles. The third kappa shape index (κ3) is 11.8. The van der Waals surface area contributed by atoms with Gasteiger partial charge in [0.2, 0.25) is 6.61 Å². The zero-order chi connectivity index (χ0) is 7.49. The van der Waals surface area contributed by atoms with Crippen molar-refractivity contribution in [3.63, 3.8) is 0 Å². The first-order valence-electron chi connectivity index (χ1n) is 1.67. The second kappa shape index (κ2) is 5.66. The number of carboxylic acid groups (broad SMARTS) is 1. The van der Waals surface area contributed by atoms with Gasteiger partial charge in [-0.1, -0.05) is 0 Å². The molecule has 8 heteroatoms. The molecule has 10 heavy (non-hydrogen) atoms. The summed E-state index contributed by atoms with van der Waals surface area (Å²) in [4.78, 5) is 9.42. The monoisotopic (exact) mass is 272 g/mol. The zero-order valence-corrected chi connectivity index (χ0v) is 9.19. The van der Waals surface area contributed by atoms with Gasteiger partial charge in [0.1, 0.15) is 0 Å². The van der Waals surface area contributed by atoms with Crippen LogP contribution in [0.2, 0.25) is 0 Å². The van der Waals surface area contributed by atoms with Crippen LogP contribution < -0.4 is 65.1 Å². The van der Waals surface area contributed by atoms with E-state index < -0.39 is 32.7 Å². The van der Waals surface area contributed by atoms with E-state index in [-0.39, 0.29) is 29.6 Å². The Morgan fingerprint density at radius 1 is 1.40 bits per heavy atom. The molecular formula is C2H2INaO6. The molecule has 0 rings (SSSR count). The van der Waals surface area contributed by atoms with Gasteiger partial charge in [0, 0.05) is 3.07 Å². The molecule has 0 saturated carbocycles. The maximum absolute atomic E-state index is 9.56. The SMILES string of the molecule is O=C([O-])CO[I+3]([O-])([O-])[O-].[Na+]. The normalized spacial score (nSPS) is 10.3. The molecule has 0 atom stereocenters. The summed E-state index contributed by atoms with van der Waals surface area (Å²) in [6.07, 6.45) is 0. The summed E-state index contributed by atoms with van der Waals surface area (Å²) >= 11 is -5.76. The van der Waals surface area contributed by atoms with Crippen LogP contribution in [0.25, 0.3) is 0 Å². The summed E-state index contributed by atoms with van der Waals surface area (Å²) in [5, 5.41) is 9.42. The van der Waals surface area contributed by atoms with Gasteiger partial charge in [0.15, 0.2) is 0 Å². The molecule has 0 fully saturated rings. The molecule has 0 N–H and O–H groups in total. The number of rotatable bonds is 3. The van der Waals surface area contributed by atoms with Crippen LogP contribution in [-0.4, -0.2) is 12.6 Å². The fourth-order valence-electron chi connectivity index (χ4n) is 0.111. The summed E-state index contributed by atoms with van der Waals surface area (Å²) < 4.78 is 32.0. The smallest absolute Gasteiger partial charge is 0.547 e. The first kappa shape index (κ1) is 13.6. The van der Waals surface area contributed by atoms with Gasteiger partial charge in [0.25, 0.3) is 0 Å². The minimum atomic E-state index is -5.76. The van der Waals surface area contributed by atoms with Gasteiger partial charge in [-0.3, -0.25) is 10.3 Å². The first-order valence-corrected chi connectivity index (χ1v) is 5.19. The number of halogens is 1. The van der Waals surface area contributed by atoms with E-state index in [9.17, 15) is 20.2 Å². The number of carbonyl (C=O) groups is 1. The van der Waals surface area contributed by atoms with Crippen molar-refractivity contribution < 1.29 is 72.9 Å². The van der Waals surface area contributed by atoms with Gasteiger partial charge < -0.3 is 9.90 Å². The molecule has 0 bridgehead atoms. The average molecular weight is 272 g/mol. The van der Waals surface area contributed by atoms with Crippen molar-refractivity contribution in [3.8, 4) is 0 Å². The maximum atomic E-state index is 9.56. The van der Waals surface area contributed by atoms with Gasteiger partial charge in [0.05, 0.1) is 5.97 Å². The van der Waals surface area contributed by atoms with Crippen LogP contribution in [0.15, 0.2) is 0 Å². The van der Waals surface area contributed by atoms with Gasteiger partial charge in [-0.15, -0.1) is 0 Å². The molecule has 54 valence electrons. The van der Waals surface area contributed by atoms with Crippen molar-refractivity contribution >= 4 is 5.97 Å². The third-order valence-electron chi connectivity index (χ3n) is 0.306. The minimum Gasteiger partial charge on any atom is -0.547 e. The van der Waals surface area contributed by atoms with Crippen LogP contribution in [0.1, 0.15) is 0 Å². The summed E-state index contributed by atoms with van der Waals surface area (Å²) in [7, 11) is 0. The fraction of sp³-hybridized carbons (Fsp3) is 0.500. The van der Waals surface area contributed by atoms with Crippen molar-refractivity contribution in [2.45, 2.75) is 0 Å². The molecule has 0 aliphatic carbocycles. The van der Waals surface area contributed by atoms with E-state index in [1.54, 1.807) is 0 Å². The first-order chi connectivity index (χ1) is 3.92. The van der Waals surface area contributed by atoms with E-state index in [0.29, 0.717) is 0 Å². The number of hydrogen-bond donors (Lipinski definition) is 0. The summed E-state index contributed by atoms with van der Waals surface area (Å²) in [5.41, 5.74) is 0. The fourth-order valence-corrected chi connectivity index (χ4v) is 0.747. The Morgan fingerprint density at radius 3 is 1.90 bits per heavy atom. The second-order valence-electron chi connectivity index (χ2n) is 1.00.